The zero-order valence-corrected chi connectivity index (χ0v) is 19.3. The van der Waals surface area contributed by atoms with Gasteiger partial charge in [-0.1, -0.05) is 11.8 Å². The molecule has 0 N–H and O–H groups in total. The Labute approximate surface area is 187 Å². The van der Waals surface area contributed by atoms with Crippen LogP contribution < -0.4 is 9.47 Å². The summed E-state index contributed by atoms with van der Waals surface area (Å²) in [6.07, 6.45) is 0.577. The minimum absolute atomic E-state index is 0.0905. The second-order valence-electron chi connectivity index (χ2n) is 7.59. The third kappa shape index (κ3) is 5.12. The summed E-state index contributed by atoms with van der Waals surface area (Å²) < 4.78 is 16.3. The molecule has 3 rings (SSSR count). The Bertz CT molecular complexity index is 1020. The quantitative estimate of drug-likeness (QED) is 0.475. The van der Waals surface area contributed by atoms with Crippen LogP contribution >= 0.6 is 11.8 Å². The average molecular weight is 442 g/mol. The van der Waals surface area contributed by atoms with E-state index in [0.29, 0.717) is 28.6 Å². The molecule has 0 atom stereocenters. The lowest BCUT2D eigenvalue weighted by Crippen LogP contribution is -2.28. The number of nitrogens with zero attached hydrogens (tertiary/aromatic N) is 3. The molecule has 0 bridgehead atoms. The number of pyridine rings is 1. The topological polar surface area (TPSA) is 84.7 Å². The molecule has 2 aromatic rings. The Morgan fingerprint density at radius 2 is 2.10 bits per heavy atom. The van der Waals surface area contributed by atoms with Gasteiger partial charge in [-0.3, -0.25) is 4.79 Å². The van der Waals surface area contributed by atoms with Crippen molar-refractivity contribution < 1.29 is 19.0 Å². The predicted molar refractivity (Wildman–Crippen MR) is 119 cm³/mol. The van der Waals surface area contributed by atoms with Gasteiger partial charge in [0.05, 0.1) is 31.6 Å². The molecule has 0 aliphatic carbocycles. The molecule has 0 spiro atoms. The maximum Gasteiger partial charge on any atom is 0.316 e. The summed E-state index contributed by atoms with van der Waals surface area (Å²) >= 11 is 1.23. The van der Waals surface area contributed by atoms with Gasteiger partial charge in [-0.05, 0) is 44.7 Å². The molecule has 0 saturated carbocycles. The van der Waals surface area contributed by atoms with E-state index in [2.05, 4.69) is 11.0 Å². The summed E-state index contributed by atoms with van der Waals surface area (Å²) in [5.74, 6) is 1.08. The number of esters is 1. The molecular formula is C23H27N3O4S. The zero-order chi connectivity index (χ0) is 22.5. The number of thioether (sulfide) groups is 1. The van der Waals surface area contributed by atoms with Gasteiger partial charge in [0, 0.05) is 36.3 Å². The highest BCUT2D eigenvalue weighted by Gasteiger charge is 2.27. The van der Waals surface area contributed by atoms with E-state index in [1.54, 1.807) is 14.2 Å². The number of fused-ring (bicyclic) bond motifs is 1. The van der Waals surface area contributed by atoms with Crippen LogP contribution in [0.1, 0.15) is 30.7 Å². The molecule has 8 heteroatoms. The summed E-state index contributed by atoms with van der Waals surface area (Å²) in [4.78, 5) is 19.1. The Hall–Kier alpha value is -2.76. The van der Waals surface area contributed by atoms with E-state index in [-0.39, 0.29) is 17.8 Å². The highest BCUT2D eigenvalue weighted by Crippen LogP contribution is 2.42. The molecule has 1 aliphatic rings. The largest absolute Gasteiger partial charge is 0.497 e. The lowest BCUT2D eigenvalue weighted by atomic mass is 9.91. The lowest BCUT2D eigenvalue weighted by molar-refractivity contribution is -0.144. The molecule has 7 nitrogen and oxygen atoms in total. The maximum absolute atomic E-state index is 12.1. The second kappa shape index (κ2) is 10.0. The molecule has 0 amide bonds. The van der Waals surface area contributed by atoms with E-state index in [0.717, 1.165) is 35.3 Å². The number of carbonyl (C=O) groups excluding carboxylic acids is 1. The van der Waals surface area contributed by atoms with Crippen LogP contribution in [0.2, 0.25) is 0 Å². The first-order chi connectivity index (χ1) is 14.9. The van der Waals surface area contributed by atoms with Gasteiger partial charge < -0.3 is 19.1 Å². The Morgan fingerprint density at radius 1 is 1.32 bits per heavy atom. The van der Waals surface area contributed by atoms with E-state index in [9.17, 15) is 10.1 Å². The second-order valence-corrected chi connectivity index (χ2v) is 8.55. The number of aromatic nitrogens is 1. The summed E-state index contributed by atoms with van der Waals surface area (Å²) in [6.45, 7) is 5.17. The van der Waals surface area contributed by atoms with E-state index in [1.807, 2.05) is 39.1 Å². The van der Waals surface area contributed by atoms with Crippen molar-refractivity contribution >= 4 is 17.7 Å². The van der Waals surface area contributed by atoms with Crippen LogP contribution in [-0.4, -0.2) is 55.5 Å². The standard InChI is InChI=1S/C23H27N3O4S/c1-14(2)30-21(27)13-31-23-17(11-24)22(18-12-26(3)9-8-19(18)25-23)16-10-15(28-4)6-7-20(16)29-5/h6-7,10,14H,8-9,12-13H2,1-5H3. The molecule has 0 radical (unpaired) electrons. The highest BCUT2D eigenvalue weighted by atomic mass is 32.2. The highest BCUT2D eigenvalue weighted by molar-refractivity contribution is 7.99. The monoisotopic (exact) mass is 441 g/mol. The molecule has 164 valence electrons. The number of hydrogen-bond donors (Lipinski definition) is 0. The number of benzene rings is 1. The summed E-state index contributed by atoms with van der Waals surface area (Å²) in [6, 6.07) is 7.87. The number of methoxy groups -OCH3 is 2. The molecule has 0 saturated heterocycles. The van der Waals surface area contributed by atoms with Crippen LogP contribution in [0.4, 0.5) is 0 Å². The predicted octanol–water partition coefficient (Wildman–Crippen LogP) is 3.67. The average Bonchev–Trinajstić information content (AvgIpc) is 2.75. The SMILES string of the molecule is COc1ccc(OC)c(-c2c(C#N)c(SCC(=O)OC(C)C)nc3c2CN(C)CC3)c1. The van der Waals surface area contributed by atoms with Crippen molar-refractivity contribution in [2.24, 2.45) is 0 Å². The molecule has 31 heavy (non-hydrogen) atoms. The minimum Gasteiger partial charge on any atom is -0.497 e. The summed E-state index contributed by atoms with van der Waals surface area (Å²) in [5, 5.41) is 10.7. The third-order valence-electron chi connectivity index (χ3n) is 4.99. The smallest absolute Gasteiger partial charge is 0.316 e. The Kier molecular flexibility index (Phi) is 7.42. The lowest BCUT2D eigenvalue weighted by Gasteiger charge is -2.28. The number of carbonyl (C=O) groups is 1. The van der Waals surface area contributed by atoms with Crippen LogP contribution in [0.3, 0.4) is 0 Å². The molecule has 1 aromatic heterocycles. The maximum atomic E-state index is 12.1. The van der Waals surface area contributed by atoms with E-state index in [4.69, 9.17) is 19.2 Å². The first-order valence-electron chi connectivity index (χ1n) is 10.1. The van der Waals surface area contributed by atoms with Crippen molar-refractivity contribution in [1.82, 2.24) is 9.88 Å². The summed E-state index contributed by atoms with van der Waals surface area (Å²) in [5.41, 5.74) is 3.94. The Balaban J connectivity index is 2.17. The van der Waals surface area contributed by atoms with Crippen molar-refractivity contribution in [2.75, 3.05) is 33.6 Å². The molecular weight excluding hydrogens is 414 g/mol. The molecule has 0 unspecified atom stereocenters. The van der Waals surface area contributed by atoms with Gasteiger partial charge >= 0.3 is 5.97 Å². The third-order valence-corrected chi connectivity index (χ3v) is 5.94. The van der Waals surface area contributed by atoms with Crippen LogP contribution in [-0.2, 0) is 22.5 Å². The van der Waals surface area contributed by atoms with Gasteiger partial charge in [-0.2, -0.15) is 5.26 Å². The van der Waals surface area contributed by atoms with Gasteiger partial charge in [0.15, 0.2) is 0 Å². The zero-order valence-electron chi connectivity index (χ0n) is 18.5. The fraction of sp³-hybridized carbons (Fsp3) is 0.435. The molecule has 2 heterocycles. The fourth-order valence-corrected chi connectivity index (χ4v) is 4.40. The Morgan fingerprint density at radius 3 is 2.74 bits per heavy atom. The van der Waals surface area contributed by atoms with E-state index >= 15 is 0 Å². The number of nitriles is 1. The van der Waals surface area contributed by atoms with E-state index < -0.39 is 0 Å². The van der Waals surface area contributed by atoms with Gasteiger partial charge in [-0.15, -0.1) is 0 Å². The fourth-order valence-electron chi connectivity index (χ4n) is 3.61. The van der Waals surface area contributed by atoms with Crippen LogP contribution in [0.5, 0.6) is 11.5 Å². The number of likely N-dealkylation sites (N-methyl/N-ethyl adjacent to an activating group) is 1. The van der Waals surface area contributed by atoms with Crippen LogP contribution in [0.15, 0.2) is 23.2 Å². The van der Waals surface area contributed by atoms with Crippen molar-refractivity contribution in [3.05, 3.63) is 35.0 Å². The van der Waals surface area contributed by atoms with Crippen molar-refractivity contribution in [2.45, 2.75) is 37.9 Å². The first-order valence-corrected chi connectivity index (χ1v) is 11.1. The van der Waals surface area contributed by atoms with Crippen molar-refractivity contribution in [1.29, 1.82) is 5.26 Å². The van der Waals surface area contributed by atoms with Gasteiger partial charge in [-0.25, -0.2) is 4.98 Å². The molecule has 1 aliphatic heterocycles. The number of hydrogen-bond acceptors (Lipinski definition) is 8. The molecule has 0 fully saturated rings. The first kappa shape index (κ1) is 22.9. The molecule has 1 aromatic carbocycles. The van der Waals surface area contributed by atoms with Crippen molar-refractivity contribution in [3.63, 3.8) is 0 Å². The number of ether oxygens (including phenoxy) is 3. The number of rotatable bonds is 7. The summed E-state index contributed by atoms with van der Waals surface area (Å²) in [7, 11) is 5.26. The minimum atomic E-state index is -0.330. The van der Waals surface area contributed by atoms with Crippen LogP contribution in [0, 0.1) is 11.3 Å². The normalized spacial score (nSPS) is 13.5. The van der Waals surface area contributed by atoms with Gasteiger partial charge in [0.1, 0.15) is 22.6 Å². The van der Waals surface area contributed by atoms with Gasteiger partial charge in [0.2, 0.25) is 0 Å². The van der Waals surface area contributed by atoms with E-state index in [1.165, 1.54) is 11.8 Å². The van der Waals surface area contributed by atoms with Gasteiger partial charge in [0.25, 0.3) is 0 Å². The van der Waals surface area contributed by atoms with Crippen LogP contribution in [0.25, 0.3) is 11.1 Å². The van der Waals surface area contributed by atoms with Crippen molar-refractivity contribution in [3.8, 4) is 28.7 Å².